The minimum atomic E-state index is -0.138. The predicted octanol–water partition coefficient (Wildman–Crippen LogP) is 2.89. The van der Waals surface area contributed by atoms with E-state index in [1.807, 2.05) is 26.8 Å². The lowest BCUT2D eigenvalue weighted by Crippen LogP contribution is -2.04. The largest absolute Gasteiger partial charge is 0.508 e. The molecular weight excluding hydrogens is 216 g/mol. The van der Waals surface area contributed by atoms with Crippen molar-refractivity contribution in [3.63, 3.8) is 0 Å². The molecule has 0 aliphatic heterocycles. The summed E-state index contributed by atoms with van der Waals surface area (Å²) < 4.78 is 4.87. The summed E-state index contributed by atoms with van der Waals surface area (Å²) in [5.41, 5.74) is 3.21. The van der Waals surface area contributed by atoms with Crippen molar-refractivity contribution in [1.82, 2.24) is 0 Å². The molecule has 0 saturated carbocycles. The molecule has 0 radical (unpaired) electrons. The number of phenols is 1. The Labute approximate surface area is 102 Å². The van der Waals surface area contributed by atoms with Crippen LogP contribution in [0.1, 0.15) is 36.5 Å². The van der Waals surface area contributed by atoms with Gasteiger partial charge in [-0.1, -0.05) is 6.07 Å². The summed E-state index contributed by atoms with van der Waals surface area (Å²) in [5.74, 6) is 0.192. The van der Waals surface area contributed by atoms with Gasteiger partial charge in [0.15, 0.2) is 0 Å². The number of aromatic hydroxyl groups is 1. The van der Waals surface area contributed by atoms with Crippen molar-refractivity contribution in [2.24, 2.45) is 0 Å². The number of aryl methyl sites for hydroxylation is 1. The van der Waals surface area contributed by atoms with Crippen LogP contribution in [0.2, 0.25) is 0 Å². The predicted molar refractivity (Wildman–Crippen MR) is 67.2 cm³/mol. The topological polar surface area (TPSA) is 46.5 Å². The molecule has 94 valence electrons. The van der Waals surface area contributed by atoms with E-state index in [0.717, 1.165) is 24.0 Å². The van der Waals surface area contributed by atoms with Gasteiger partial charge >= 0.3 is 5.97 Å². The van der Waals surface area contributed by atoms with Crippen LogP contribution in [-0.4, -0.2) is 17.7 Å². The van der Waals surface area contributed by atoms with Crippen molar-refractivity contribution in [3.8, 4) is 5.75 Å². The number of rotatable bonds is 5. The fourth-order valence-corrected chi connectivity index (χ4v) is 1.79. The number of hydrogen-bond acceptors (Lipinski definition) is 3. The Bertz CT molecular complexity index is 397. The first-order chi connectivity index (χ1) is 8.06. The molecule has 0 unspecified atom stereocenters. The van der Waals surface area contributed by atoms with E-state index in [-0.39, 0.29) is 5.97 Å². The zero-order valence-corrected chi connectivity index (χ0v) is 10.7. The zero-order valence-electron chi connectivity index (χ0n) is 10.7. The molecule has 1 N–H and O–H groups in total. The Kier molecular flexibility index (Phi) is 5.01. The standard InChI is InChI=1S/C14H20O3/c1-4-17-14(16)7-5-6-12-8-9-13(15)11(3)10(12)2/h8-9,15H,4-7H2,1-3H3. The zero-order chi connectivity index (χ0) is 12.8. The quantitative estimate of drug-likeness (QED) is 0.800. The summed E-state index contributed by atoms with van der Waals surface area (Å²) in [6, 6.07) is 3.63. The molecule has 0 amide bonds. The van der Waals surface area contributed by atoms with Crippen LogP contribution in [0.25, 0.3) is 0 Å². The second kappa shape index (κ2) is 6.28. The molecule has 0 aliphatic rings. The van der Waals surface area contributed by atoms with Gasteiger partial charge < -0.3 is 9.84 Å². The van der Waals surface area contributed by atoms with Crippen molar-refractivity contribution in [3.05, 3.63) is 28.8 Å². The average molecular weight is 236 g/mol. The lowest BCUT2D eigenvalue weighted by atomic mass is 9.98. The summed E-state index contributed by atoms with van der Waals surface area (Å²) in [6.07, 6.45) is 2.07. The van der Waals surface area contributed by atoms with Crippen molar-refractivity contribution in [2.45, 2.75) is 40.0 Å². The third kappa shape index (κ3) is 3.77. The van der Waals surface area contributed by atoms with E-state index in [9.17, 15) is 9.90 Å². The van der Waals surface area contributed by atoms with Crippen LogP contribution in [0.5, 0.6) is 5.75 Å². The summed E-state index contributed by atoms with van der Waals surface area (Å²) in [7, 11) is 0. The maximum Gasteiger partial charge on any atom is 0.305 e. The van der Waals surface area contributed by atoms with E-state index in [2.05, 4.69) is 0 Å². The third-order valence-electron chi connectivity index (χ3n) is 3.00. The number of esters is 1. The number of benzene rings is 1. The van der Waals surface area contributed by atoms with Crippen LogP contribution in [-0.2, 0) is 16.0 Å². The first-order valence-corrected chi connectivity index (χ1v) is 6.00. The molecular formula is C14H20O3. The highest BCUT2D eigenvalue weighted by Gasteiger charge is 2.07. The van der Waals surface area contributed by atoms with E-state index in [4.69, 9.17) is 4.74 Å². The first-order valence-electron chi connectivity index (χ1n) is 6.00. The fraction of sp³-hybridized carbons (Fsp3) is 0.500. The molecule has 3 nitrogen and oxygen atoms in total. The minimum absolute atomic E-state index is 0.138. The Hall–Kier alpha value is -1.51. The normalized spacial score (nSPS) is 10.3. The molecule has 0 fully saturated rings. The number of hydrogen-bond donors (Lipinski definition) is 1. The first kappa shape index (κ1) is 13.6. The highest BCUT2D eigenvalue weighted by atomic mass is 16.5. The smallest absolute Gasteiger partial charge is 0.305 e. The molecule has 17 heavy (non-hydrogen) atoms. The van der Waals surface area contributed by atoms with E-state index in [0.29, 0.717) is 18.8 Å². The molecule has 3 heteroatoms. The van der Waals surface area contributed by atoms with Crippen LogP contribution in [0.4, 0.5) is 0 Å². The highest BCUT2D eigenvalue weighted by Crippen LogP contribution is 2.23. The van der Waals surface area contributed by atoms with Crippen LogP contribution < -0.4 is 0 Å². The minimum Gasteiger partial charge on any atom is -0.508 e. The lowest BCUT2D eigenvalue weighted by molar-refractivity contribution is -0.143. The molecule has 0 heterocycles. The SMILES string of the molecule is CCOC(=O)CCCc1ccc(O)c(C)c1C. The molecule has 0 bridgehead atoms. The van der Waals surface area contributed by atoms with Gasteiger partial charge in [-0.05, 0) is 56.4 Å². The van der Waals surface area contributed by atoms with E-state index >= 15 is 0 Å². The number of carbonyl (C=O) groups is 1. The molecule has 1 aromatic carbocycles. The average Bonchev–Trinajstić information content (AvgIpc) is 2.29. The summed E-state index contributed by atoms with van der Waals surface area (Å²) in [6.45, 7) is 6.15. The summed E-state index contributed by atoms with van der Waals surface area (Å²) in [4.78, 5) is 11.2. The monoisotopic (exact) mass is 236 g/mol. The Morgan fingerprint density at radius 2 is 2.00 bits per heavy atom. The molecule has 1 aromatic rings. The molecule has 0 aromatic heterocycles. The molecule has 0 aliphatic carbocycles. The summed E-state index contributed by atoms with van der Waals surface area (Å²) >= 11 is 0. The lowest BCUT2D eigenvalue weighted by Gasteiger charge is -2.10. The van der Waals surface area contributed by atoms with Gasteiger partial charge in [-0.25, -0.2) is 0 Å². The van der Waals surface area contributed by atoms with Crippen molar-refractivity contribution < 1.29 is 14.6 Å². The van der Waals surface area contributed by atoms with Gasteiger partial charge in [0.25, 0.3) is 0 Å². The Morgan fingerprint density at radius 3 is 2.65 bits per heavy atom. The van der Waals surface area contributed by atoms with Gasteiger partial charge in [0.05, 0.1) is 6.61 Å². The van der Waals surface area contributed by atoms with Gasteiger partial charge in [0, 0.05) is 6.42 Å². The van der Waals surface area contributed by atoms with Gasteiger partial charge in [-0.15, -0.1) is 0 Å². The van der Waals surface area contributed by atoms with Crippen LogP contribution >= 0.6 is 0 Å². The fourth-order valence-electron chi connectivity index (χ4n) is 1.79. The van der Waals surface area contributed by atoms with Crippen molar-refractivity contribution in [1.29, 1.82) is 0 Å². The van der Waals surface area contributed by atoms with Crippen molar-refractivity contribution >= 4 is 5.97 Å². The number of ether oxygens (including phenoxy) is 1. The molecule has 0 atom stereocenters. The number of carbonyl (C=O) groups excluding carboxylic acids is 1. The highest BCUT2D eigenvalue weighted by molar-refractivity contribution is 5.69. The number of phenolic OH excluding ortho intramolecular Hbond substituents is 1. The molecule has 0 spiro atoms. The van der Waals surface area contributed by atoms with Crippen molar-refractivity contribution in [2.75, 3.05) is 6.61 Å². The molecule has 1 rings (SSSR count). The van der Waals surface area contributed by atoms with Crippen LogP contribution in [0.3, 0.4) is 0 Å². The third-order valence-corrected chi connectivity index (χ3v) is 3.00. The van der Waals surface area contributed by atoms with Crippen LogP contribution in [0.15, 0.2) is 12.1 Å². The maximum atomic E-state index is 11.2. The second-order valence-electron chi connectivity index (χ2n) is 4.15. The molecule has 0 saturated heterocycles. The summed E-state index contributed by atoms with van der Waals surface area (Å²) in [5, 5.41) is 9.53. The van der Waals surface area contributed by atoms with Gasteiger partial charge in [-0.2, -0.15) is 0 Å². The van der Waals surface area contributed by atoms with E-state index in [1.54, 1.807) is 6.07 Å². The maximum absolute atomic E-state index is 11.2. The Morgan fingerprint density at radius 1 is 1.29 bits per heavy atom. The second-order valence-corrected chi connectivity index (χ2v) is 4.15. The van der Waals surface area contributed by atoms with Gasteiger partial charge in [0.1, 0.15) is 5.75 Å². The van der Waals surface area contributed by atoms with Gasteiger partial charge in [0.2, 0.25) is 0 Å². The van der Waals surface area contributed by atoms with E-state index < -0.39 is 0 Å². The van der Waals surface area contributed by atoms with Crippen LogP contribution in [0, 0.1) is 13.8 Å². The van der Waals surface area contributed by atoms with Gasteiger partial charge in [-0.3, -0.25) is 4.79 Å². The Balaban J connectivity index is 2.53. The van der Waals surface area contributed by atoms with E-state index in [1.165, 1.54) is 5.56 Å².